The Kier molecular flexibility index (Phi) is 7.40. The Morgan fingerprint density at radius 1 is 0.808 bits per heavy atom. The molecule has 0 aromatic rings. The number of hydrogen-bond acceptors (Lipinski definition) is 1. The molecule has 0 spiro atoms. The molecule has 0 bridgehead atoms. The van der Waals surface area contributed by atoms with Crippen molar-refractivity contribution in [3.8, 4) is 0 Å². The molecule has 0 N–H and O–H groups in total. The van der Waals surface area contributed by atoms with Crippen molar-refractivity contribution < 1.29 is 13.5 Å². The van der Waals surface area contributed by atoms with Gasteiger partial charge in [-0.05, 0) is 81.0 Å². The standard InChI is InChI=1S/C23H38F2O/c1-3-5-16-6-8-17(9-7-16)18-10-12-19(13-11-18)20-14-21(24)23(26-4-2)22(25)15-20/h4,16-23H,2-3,5-15H2,1H3. The van der Waals surface area contributed by atoms with Gasteiger partial charge in [-0.1, -0.05) is 39.2 Å². The molecule has 3 heteroatoms. The van der Waals surface area contributed by atoms with Crippen LogP contribution in [0.2, 0.25) is 0 Å². The van der Waals surface area contributed by atoms with Crippen molar-refractivity contribution >= 4 is 0 Å². The molecule has 0 radical (unpaired) electrons. The van der Waals surface area contributed by atoms with E-state index in [1.807, 2.05) is 0 Å². The maximum atomic E-state index is 14.3. The van der Waals surface area contributed by atoms with E-state index in [9.17, 15) is 8.78 Å². The molecule has 0 amide bonds. The van der Waals surface area contributed by atoms with Gasteiger partial charge in [0.2, 0.25) is 0 Å². The van der Waals surface area contributed by atoms with Crippen molar-refractivity contribution in [3.05, 3.63) is 12.8 Å². The number of hydrogen-bond donors (Lipinski definition) is 0. The molecular formula is C23H38F2O. The van der Waals surface area contributed by atoms with Gasteiger partial charge >= 0.3 is 0 Å². The summed E-state index contributed by atoms with van der Waals surface area (Å²) in [5, 5.41) is 0. The lowest BCUT2D eigenvalue weighted by molar-refractivity contribution is -0.0569. The first-order valence-electron chi connectivity index (χ1n) is 11.2. The van der Waals surface area contributed by atoms with E-state index in [0.29, 0.717) is 18.8 Å². The maximum absolute atomic E-state index is 14.3. The molecule has 0 aromatic carbocycles. The first kappa shape index (κ1) is 20.1. The zero-order valence-electron chi connectivity index (χ0n) is 16.6. The molecule has 0 saturated heterocycles. The van der Waals surface area contributed by atoms with Gasteiger partial charge in [0, 0.05) is 0 Å². The van der Waals surface area contributed by atoms with Gasteiger partial charge in [-0.15, -0.1) is 0 Å². The normalized spacial score (nSPS) is 44.4. The second kappa shape index (κ2) is 9.55. The van der Waals surface area contributed by atoms with E-state index in [4.69, 9.17) is 4.74 Å². The van der Waals surface area contributed by atoms with Gasteiger partial charge in [-0.3, -0.25) is 0 Å². The van der Waals surface area contributed by atoms with Crippen LogP contribution in [-0.2, 0) is 4.74 Å². The molecule has 0 aliphatic heterocycles. The summed E-state index contributed by atoms with van der Waals surface area (Å²) in [5.41, 5.74) is 0. The van der Waals surface area contributed by atoms with E-state index in [0.717, 1.165) is 17.8 Å². The van der Waals surface area contributed by atoms with Crippen LogP contribution >= 0.6 is 0 Å². The summed E-state index contributed by atoms with van der Waals surface area (Å²) in [5.74, 6) is 3.48. The molecule has 3 fully saturated rings. The lowest BCUT2D eigenvalue weighted by Crippen LogP contribution is -2.43. The molecule has 3 aliphatic rings. The molecule has 26 heavy (non-hydrogen) atoms. The van der Waals surface area contributed by atoms with Gasteiger partial charge in [0.15, 0.2) is 6.10 Å². The van der Waals surface area contributed by atoms with Crippen LogP contribution in [0.5, 0.6) is 0 Å². The predicted molar refractivity (Wildman–Crippen MR) is 103 cm³/mol. The fourth-order valence-electron chi connectivity index (χ4n) is 6.28. The summed E-state index contributed by atoms with van der Waals surface area (Å²) in [6.45, 7) is 5.74. The third-order valence-corrected chi connectivity index (χ3v) is 7.76. The van der Waals surface area contributed by atoms with Gasteiger partial charge in [0.1, 0.15) is 12.3 Å². The Bertz CT molecular complexity index is 412. The Hall–Kier alpha value is -0.600. The van der Waals surface area contributed by atoms with E-state index in [1.54, 1.807) is 0 Å². The number of ether oxygens (including phenoxy) is 1. The molecule has 0 heterocycles. The molecule has 0 aromatic heterocycles. The maximum Gasteiger partial charge on any atom is 0.160 e. The summed E-state index contributed by atoms with van der Waals surface area (Å²) in [7, 11) is 0. The fraction of sp³-hybridized carbons (Fsp3) is 0.913. The minimum Gasteiger partial charge on any atom is -0.493 e. The minimum absolute atomic E-state index is 0.200. The smallest absolute Gasteiger partial charge is 0.160 e. The molecule has 2 unspecified atom stereocenters. The second-order valence-electron chi connectivity index (χ2n) is 9.28. The summed E-state index contributed by atoms with van der Waals surface area (Å²) >= 11 is 0. The SMILES string of the molecule is C=COC1C(F)CC(C2CCC(C3CCC(CCC)CC3)CC2)CC1F. The summed E-state index contributed by atoms with van der Waals surface area (Å²) in [6, 6.07) is 0. The van der Waals surface area contributed by atoms with Crippen LogP contribution in [0, 0.1) is 29.6 Å². The quantitative estimate of drug-likeness (QED) is 0.458. The van der Waals surface area contributed by atoms with Crippen LogP contribution < -0.4 is 0 Å². The van der Waals surface area contributed by atoms with Crippen molar-refractivity contribution in [3.63, 3.8) is 0 Å². The van der Waals surface area contributed by atoms with Crippen LogP contribution in [-0.4, -0.2) is 18.4 Å². The van der Waals surface area contributed by atoms with Crippen molar-refractivity contribution in [2.45, 2.75) is 102 Å². The van der Waals surface area contributed by atoms with E-state index in [2.05, 4.69) is 13.5 Å². The van der Waals surface area contributed by atoms with Crippen LogP contribution in [0.15, 0.2) is 12.8 Å². The predicted octanol–water partition coefficient (Wildman–Crippen LogP) is 7.01. The third-order valence-electron chi connectivity index (χ3n) is 7.76. The molecule has 150 valence electrons. The molecule has 1 nitrogen and oxygen atoms in total. The lowest BCUT2D eigenvalue weighted by Gasteiger charge is -2.42. The van der Waals surface area contributed by atoms with Crippen molar-refractivity contribution in [1.29, 1.82) is 0 Å². The number of alkyl halides is 2. The summed E-state index contributed by atoms with van der Waals surface area (Å²) in [4.78, 5) is 0. The first-order valence-corrected chi connectivity index (χ1v) is 11.2. The van der Waals surface area contributed by atoms with Crippen molar-refractivity contribution in [1.82, 2.24) is 0 Å². The highest BCUT2D eigenvalue weighted by atomic mass is 19.1. The van der Waals surface area contributed by atoms with Crippen LogP contribution in [0.4, 0.5) is 8.78 Å². The Morgan fingerprint density at radius 2 is 1.27 bits per heavy atom. The highest BCUT2D eigenvalue weighted by molar-refractivity contribution is 4.93. The Labute approximate surface area is 159 Å². The van der Waals surface area contributed by atoms with Crippen molar-refractivity contribution in [2.75, 3.05) is 0 Å². The zero-order chi connectivity index (χ0) is 18.5. The topological polar surface area (TPSA) is 9.23 Å². The molecular weight excluding hydrogens is 330 g/mol. The van der Waals surface area contributed by atoms with Crippen LogP contribution in [0.3, 0.4) is 0 Å². The summed E-state index contributed by atoms with van der Waals surface area (Å²) in [6.07, 6.45) is 12.2. The molecule has 3 aliphatic carbocycles. The van der Waals surface area contributed by atoms with E-state index in [1.165, 1.54) is 70.5 Å². The monoisotopic (exact) mass is 368 g/mol. The van der Waals surface area contributed by atoms with Gasteiger partial charge in [-0.2, -0.15) is 0 Å². The number of halogens is 2. The third kappa shape index (κ3) is 4.81. The largest absolute Gasteiger partial charge is 0.493 e. The van der Waals surface area contributed by atoms with Gasteiger partial charge in [-0.25, -0.2) is 8.78 Å². The average molecular weight is 369 g/mol. The fourth-order valence-corrected chi connectivity index (χ4v) is 6.28. The van der Waals surface area contributed by atoms with Gasteiger partial charge in [0.05, 0.1) is 6.26 Å². The van der Waals surface area contributed by atoms with Crippen LogP contribution in [0.1, 0.15) is 84.0 Å². The molecule has 2 atom stereocenters. The van der Waals surface area contributed by atoms with Gasteiger partial charge in [0.25, 0.3) is 0 Å². The minimum atomic E-state index is -1.19. The first-order chi connectivity index (χ1) is 12.6. The van der Waals surface area contributed by atoms with E-state index < -0.39 is 18.4 Å². The average Bonchev–Trinajstić information content (AvgIpc) is 2.66. The summed E-state index contributed by atoms with van der Waals surface area (Å²) < 4.78 is 33.8. The van der Waals surface area contributed by atoms with Crippen molar-refractivity contribution in [2.24, 2.45) is 29.6 Å². The Balaban J connectivity index is 1.43. The van der Waals surface area contributed by atoms with Crippen LogP contribution in [0.25, 0.3) is 0 Å². The zero-order valence-corrected chi connectivity index (χ0v) is 16.6. The molecule has 3 rings (SSSR count). The molecule has 3 saturated carbocycles. The second-order valence-corrected chi connectivity index (χ2v) is 9.28. The lowest BCUT2D eigenvalue weighted by atomic mass is 9.65. The van der Waals surface area contributed by atoms with Gasteiger partial charge < -0.3 is 4.74 Å². The number of rotatable bonds is 6. The van der Waals surface area contributed by atoms with E-state index in [-0.39, 0.29) is 5.92 Å². The highest BCUT2D eigenvalue weighted by Crippen LogP contribution is 2.46. The van der Waals surface area contributed by atoms with E-state index >= 15 is 0 Å². The highest BCUT2D eigenvalue weighted by Gasteiger charge is 2.43. The Morgan fingerprint density at radius 3 is 1.73 bits per heavy atom.